The van der Waals surface area contributed by atoms with Gasteiger partial charge in [-0.3, -0.25) is 4.98 Å². The predicted octanol–water partition coefficient (Wildman–Crippen LogP) is 5.52. The summed E-state index contributed by atoms with van der Waals surface area (Å²) in [6.45, 7) is 2.58. The quantitative estimate of drug-likeness (QED) is 0.708. The Balaban J connectivity index is 1.87. The third-order valence-corrected chi connectivity index (χ3v) is 5.37. The number of halogens is 3. The lowest BCUT2D eigenvalue weighted by Gasteiger charge is -2.39. The van der Waals surface area contributed by atoms with E-state index < -0.39 is 11.7 Å². The molecule has 1 fully saturated rings. The third-order valence-electron chi connectivity index (χ3n) is 5.37. The van der Waals surface area contributed by atoms with Gasteiger partial charge in [0.25, 0.3) is 0 Å². The van der Waals surface area contributed by atoms with Gasteiger partial charge in [-0.1, -0.05) is 6.42 Å². The second-order valence-electron chi connectivity index (χ2n) is 6.92. The van der Waals surface area contributed by atoms with Crippen molar-refractivity contribution < 1.29 is 13.2 Å². The minimum Gasteiger partial charge on any atom is -0.369 e. The molecule has 3 rings (SSSR count). The number of nitriles is 1. The van der Waals surface area contributed by atoms with E-state index in [1.54, 1.807) is 24.5 Å². The first-order valence-electron chi connectivity index (χ1n) is 9.22. The Labute approximate surface area is 157 Å². The van der Waals surface area contributed by atoms with Gasteiger partial charge in [-0.05, 0) is 68.0 Å². The number of anilines is 1. The maximum atomic E-state index is 13.3. The van der Waals surface area contributed by atoms with Gasteiger partial charge in [0.2, 0.25) is 0 Å². The molecule has 1 aliphatic carbocycles. The Morgan fingerprint density at radius 3 is 2.56 bits per heavy atom. The van der Waals surface area contributed by atoms with Gasteiger partial charge in [-0.25, -0.2) is 0 Å². The van der Waals surface area contributed by atoms with Crippen LogP contribution in [0.4, 0.5) is 18.9 Å². The Bertz CT molecular complexity index is 812. The van der Waals surface area contributed by atoms with Crippen molar-refractivity contribution in [3.05, 3.63) is 59.4 Å². The lowest BCUT2D eigenvalue weighted by molar-refractivity contribution is -0.137. The Kier molecular flexibility index (Phi) is 5.69. The highest BCUT2D eigenvalue weighted by atomic mass is 19.4. The highest BCUT2D eigenvalue weighted by molar-refractivity contribution is 5.55. The van der Waals surface area contributed by atoms with Gasteiger partial charge in [0.1, 0.15) is 0 Å². The van der Waals surface area contributed by atoms with Crippen LogP contribution >= 0.6 is 0 Å². The fourth-order valence-corrected chi connectivity index (χ4v) is 4.08. The molecule has 2 unspecified atom stereocenters. The zero-order valence-electron chi connectivity index (χ0n) is 15.2. The zero-order valence-corrected chi connectivity index (χ0v) is 15.2. The molecule has 1 aliphatic rings. The van der Waals surface area contributed by atoms with Crippen LogP contribution in [0.25, 0.3) is 0 Å². The topological polar surface area (TPSA) is 39.9 Å². The summed E-state index contributed by atoms with van der Waals surface area (Å²) in [5.41, 5.74) is 0.578. The number of pyridine rings is 1. The van der Waals surface area contributed by atoms with Gasteiger partial charge in [0.05, 0.1) is 17.2 Å². The smallest absolute Gasteiger partial charge is 0.369 e. The normalized spacial score (nSPS) is 20.1. The van der Waals surface area contributed by atoms with Crippen molar-refractivity contribution in [2.24, 2.45) is 0 Å². The van der Waals surface area contributed by atoms with E-state index in [1.165, 1.54) is 11.6 Å². The lowest BCUT2D eigenvalue weighted by Crippen LogP contribution is -2.38. The van der Waals surface area contributed by atoms with Crippen molar-refractivity contribution in [3.63, 3.8) is 0 Å². The molecule has 0 amide bonds. The van der Waals surface area contributed by atoms with E-state index in [4.69, 9.17) is 5.26 Å². The van der Waals surface area contributed by atoms with E-state index in [1.807, 2.05) is 24.0 Å². The Morgan fingerprint density at radius 1 is 1.19 bits per heavy atom. The first-order chi connectivity index (χ1) is 12.9. The molecule has 1 aromatic heterocycles. The summed E-state index contributed by atoms with van der Waals surface area (Å²) in [5, 5.41) is 9.01. The van der Waals surface area contributed by atoms with Gasteiger partial charge in [0.15, 0.2) is 0 Å². The van der Waals surface area contributed by atoms with E-state index >= 15 is 0 Å². The van der Waals surface area contributed by atoms with Gasteiger partial charge < -0.3 is 4.90 Å². The minimum atomic E-state index is -4.54. The highest BCUT2D eigenvalue weighted by Gasteiger charge is 2.35. The zero-order chi connectivity index (χ0) is 19.4. The number of nitrogens with zero attached hydrogens (tertiary/aromatic N) is 3. The first kappa shape index (κ1) is 19.2. The van der Waals surface area contributed by atoms with Gasteiger partial charge in [-0.15, -0.1) is 0 Å². The lowest BCUT2D eigenvalue weighted by atomic mass is 9.81. The molecule has 0 bridgehead atoms. The SMILES string of the molecule is CCN(c1ccc(C#N)c(C(F)(F)F)c1)C1CCCC(c2ccncc2)C1. The maximum absolute atomic E-state index is 13.3. The van der Waals surface area contributed by atoms with Crippen LogP contribution in [0, 0.1) is 11.3 Å². The molecule has 6 heteroatoms. The van der Waals surface area contributed by atoms with Crippen LogP contribution in [0.2, 0.25) is 0 Å². The van der Waals surface area contributed by atoms with Crippen molar-refractivity contribution in [3.8, 4) is 6.07 Å². The fourth-order valence-electron chi connectivity index (χ4n) is 4.08. The largest absolute Gasteiger partial charge is 0.417 e. The van der Waals surface area contributed by atoms with Crippen LogP contribution in [0.15, 0.2) is 42.7 Å². The van der Waals surface area contributed by atoms with E-state index in [2.05, 4.69) is 4.98 Å². The molecule has 0 aliphatic heterocycles. The van der Waals surface area contributed by atoms with E-state index in [0.29, 0.717) is 18.2 Å². The summed E-state index contributed by atoms with van der Waals surface area (Å²) in [4.78, 5) is 6.11. The summed E-state index contributed by atoms with van der Waals surface area (Å²) in [6.07, 6.45) is 3.01. The van der Waals surface area contributed by atoms with Gasteiger partial charge in [-0.2, -0.15) is 18.4 Å². The number of aromatic nitrogens is 1. The number of benzene rings is 1. The molecule has 1 aromatic carbocycles. The van der Waals surface area contributed by atoms with Crippen molar-refractivity contribution in [1.82, 2.24) is 4.98 Å². The van der Waals surface area contributed by atoms with Crippen molar-refractivity contribution in [2.75, 3.05) is 11.4 Å². The third kappa shape index (κ3) is 4.24. The second kappa shape index (κ2) is 7.99. The number of alkyl halides is 3. The average molecular weight is 373 g/mol. The highest BCUT2D eigenvalue weighted by Crippen LogP contribution is 2.39. The molecule has 1 saturated carbocycles. The molecular formula is C21H22F3N3. The molecule has 0 N–H and O–H groups in total. The molecule has 0 radical (unpaired) electrons. The molecule has 0 spiro atoms. The summed E-state index contributed by atoms with van der Waals surface area (Å²) in [6, 6.07) is 9.91. The predicted molar refractivity (Wildman–Crippen MR) is 98.4 cm³/mol. The minimum absolute atomic E-state index is 0.177. The molecule has 142 valence electrons. The van der Waals surface area contributed by atoms with Crippen molar-refractivity contribution >= 4 is 5.69 Å². The van der Waals surface area contributed by atoms with Crippen LogP contribution in [-0.4, -0.2) is 17.6 Å². The Morgan fingerprint density at radius 2 is 1.93 bits per heavy atom. The van der Waals surface area contributed by atoms with E-state index in [-0.39, 0.29) is 11.6 Å². The molecule has 2 atom stereocenters. The number of rotatable bonds is 4. The summed E-state index contributed by atoms with van der Waals surface area (Å²) < 4.78 is 40.0. The summed E-state index contributed by atoms with van der Waals surface area (Å²) in [7, 11) is 0. The number of hydrogen-bond donors (Lipinski definition) is 0. The maximum Gasteiger partial charge on any atom is 0.417 e. The molecule has 0 saturated heterocycles. The van der Waals surface area contributed by atoms with Crippen LogP contribution in [0.1, 0.15) is 55.2 Å². The van der Waals surface area contributed by atoms with Gasteiger partial charge in [0, 0.05) is 30.7 Å². The Hall–Kier alpha value is -2.55. The van der Waals surface area contributed by atoms with Crippen LogP contribution in [0.3, 0.4) is 0 Å². The van der Waals surface area contributed by atoms with E-state index in [9.17, 15) is 13.2 Å². The first-order valence-corrected chi connectivity index (χ1v) is 9.22. The monoisotopic (exact) mass is 373 g/mol. The molecule has 3 nitrogen and oxygen atoms in total. The summed E-state index contributed by atoms with van der Waals surface area (Å²) in [5.74, 6) is 0.390. The summed E-state index contributed by atoms with van der Waals surface area (Å²) >= 11 is 0. The molecule has 1 heterocycles. The molecular weight excluding hydrogens is 351 g/mol. The van der Waals surface area contributed by atoms with Gasteiger partial charge >= 0.3 is 6.18 Å². The fraction of sp³-hybridized carbons (Fsp3) is 0.429. The van der Waals surface area contributed by atoms with E-state index in [0.717, 1.165) is 31.7 Å². The van der Waals surface area contributed by atoms with Crippen LogP contribution < -0.4 is 4.90 Å². The number of hydrogen-bond acceptors (Lipinski definition) is 3. The van der Waals surface area contributed by atoms with Crippen molar-refractivity contribution in [1.29, 1.82) is 5.26 Å². The second-order valence-corrected chi connectivity index (χ2v) is 6.92. The molecule has 27 heavy (non-hydrogen) atoms. The van der Waals surface area contributed by atoms with Crippen LogP contribution in [0.5, 0.6) is 0 Å². The average Bonchev–Trinajstić information content (AvgIpc) is 2.69. The van der Waals surface area contributed by atoms with Crippen molar-refractivity contribution in [2.45, 2.75) is 50.7 Å². The van der Waals surface area contributed by atoms with Crippen LogP contribution in [-0.2, 0) is 6.18 Å². The molecule has 2 aromatic rings. The standard InChI is InChI=1S/C21H22F3N3/c1-2-27(19-7-6-17(14-25)20(13-19)21(22,23)24)18-5-3-4-16(12-18)15-8-10-26-11-9-15/h6-11,13,16,18H,2-5,12H2,1H3.